The molecule has 0 unspecified atom stereocenters. The minimum Gasteiger partial charge on any atom is -0.459 e. The first-order chi connectivity index (χ1) is 17.6. The lowest BCUT2D eigenvalue weighted by Crippen LogP contribution is -2.30. The number of nitrogens with zero attached hydrogens (tertiary/aromatic N) is 2. The highest BCUT2D eigenvalue weighted by Crippen LogP contribution is 2.26. The van der Waals surface area contributed by atoms with Gasteiger partial charge in [-0.3, -0.25) is 14.2 Å². The van der Waals surface area contributed by atoms with Gasteiger partial charge in [0.05, 0.1) is 5.69 Å². The monoisotopic (exact) mass is 501 g/mol. The molecule has 0 spiro atoms. The van der Waals surface area contributed by atoms with E-state index in [2.05, 4.69) is 22.4 Å². The van der Waals surface area contributed by atoms with Crippen LogP contribution < -0.4 is 10.9 Å². The molecule has 0 saturated carbocycles. The lowest BCUT2D eigenvalue weighted by molar-refractivity contribution is -0.145. The van der Waals surface area contributed by atoms with E-state index >= 15 is 0 Å². The Morgan fingerprint density at radius 1 is 0.861 bits per heavy atom. The second-order valence-electron chi connectivity index (χ2n) is 8.37. The zero-order chi connectivity index (χ0) is 25.2. The fourth-order valence-corrected chi connectivity index (χ4v) is 4.19. The summed E-state index contributed by atoms with van der Waals surface area (Å²) in [5.74, 6) is -0.413. The van der Waals surface area contributed by atoms with Gasteiger partial charge in [-0.25, -0.2) is 4.98 Å². The van der Waals surface area contributed by atoms with Gasteiger partial charge in [-0.05, 0) is 30.4 Å². The fraction of sp³-hybridized carbons (Fsp3) is 0.207. The first-order valence-electron chi connectivity index (χ1n) is 11.9. The van der Waals surface area contributed by atoms with Crippen LogP contribution in [0.3, 0.4) is 0 Å². The quantitative estimate of drug-likeness (QED) is 0.209. The first kappa shape index (κ1) is 25.2. The molecule has 0 aliphatic carbocycles. The van der Waals surface area contributed by atoms with Gasteiger partial charge in [0, 0.05) is 12.1 Å². The van der Waals surface area contributed by atoms with Crippen LogP contribution in [-0.4, -0.2) is 22.1 Å². The highest BCUT2D eigenvalue weighted by molar-refractivity contribution is 6.32. The number of halogens is 1. The van der Waals surface area contributed by atoms with Crippen molar-refractivity contribution < 1.29 is 9.53 Å². The van der Waals surface area contributed by atoms with Crippen molar-refractivity contribution >= 4 is 23.4 Å². The van der Waals surface area contributed by atoms with Gasteiger partial charge in [-0.2, -0.15) is 0 Å². The third-order valence-electron chi connectivity index (χ3n) is 5.73. The van der Waals surface area contributed by atoms with Crippen molar-refractivity contribution in [3.05, 3.63) is 118 Å². The molecule has 4 aromatic rings. The summed E-state index contributed by atoms with van der Waals surface area (Å²) in [6.07, 6.45) is 2.78. The third kappa shape index (κ3) is 6.83. The number of carbonyl (C=O) groups excluding carboxylic acids is 1. The number of unbranched alkanes of at least 4 members (excludes halogenated alkanes) is 1. The van der Waals surface area contributed by atoms with Gasteiger partial charge in [-0.1, -0.05) is 103 Å². The van der Waals surface area contributed by atoms with E-state index in [4.69, 9.17) is 16.3 Å². The van der Waals surface area contributed by atoms with Gasteiger partial charge in [0.15, 0.2) is 11.0 Å². The molecule has 4 rings (SSSR count). The average molecular weight is 502 g/mol. The zero-order valence-electron chi connectivity index (χ0n) is 19.9. The van der Waals surface area contributed by atoms with E-state index in [-0.39, 0.29) is 24.1 Å². The molecule has 184 valence electrons. The zero-order valence-corrected chi connectivity index (χ0v) is 20.7. The molecule has 0 aliphatic heterocycles. The van der Waals surface area contributed by atoms with Crippen LogP contribution in [0.15, 0.2) is 95.8 Å². The number of carbonyl (C=O) groups is 1. The van der Waals surface area contributed by atoms with Crippen molar-refractivity contribution in [2.75, 3.05) is 11.9 Å². The summed E-state index contributed by atoms with van der Waals surface area (Å²) in [6.45, 7) is 0.412. The molecule has 1 N–H and O–H groups in total. The standard InChI is InChI=1S/C29H28ClN3O3/c30-27-26(24-17-8-3-9-18-24)33(20-25(34)36-21-23-15-6-2-7-16-23)29(35)28(32-27)31-19-11-10-14-22-12-4-1-5-13-22/h1-9,12-13,15-18H,10-11,14,19-21H2,(H,31,32). The number of aromatic nitrogens is 2. The Labute approximate surface area is 215 Å². The van der Waals surface area contributed by atoms with E-state index in [0.717, 1.165) is 24.8 Å². The molecule has 36 heavy (non-hydrogen) atoms. The fourth-order valence-electron chi connectivity index (χ4n) is 3.90. The van der Waals surface area contributed by atoms with Gasteiger partial charge in [-0.15, -0.1) is 0 Å². The number of aryl methyl sites for hydroxylation is 1. The summed E-state index contributed by atoms with van der Waals surface area (Å²) in [7, 11) is 0. The van der Waals surface area contributed by atoms with Gasteiger partial charge in [0.2, 0.25) is 0 Å². The van der Waals surface area contributed by atoms with Crippen LogP contribution in [0, 0.1) is 0 Å². The molecule has 0 atom stereocenters. The summed E-state index contributed by atoms with van der Waals surface area (Å²) in [5, 5.41) is 3.25. The van der Waals surface area contributed by atoms with E-state index in [1.54, 1.807) is 0 Å². The van der Waals surface area contributed by atoms with Crippen molar-refractivity contribution in [2.45, 2.75) is 32.4 Å². The van der Waals surface area contributed by atoms with Crippen molar-refractivity contribution in [3.63, 3.8) is 0 Å². The Morgan fingerprint density at radius 2 is 1.47 bits per heavy atom. The molecule has 0 saturated heterocycles. The number of hydrogen-bond donors (Lipinski definition) is 1. The Morgan fingerprint density at radius 3 is 2.14 bits per heavy atom. The van der Waals surface area contributed by atoms with Crippen LogP contribution >= 0.6 is 11.6 Å². The van der Waals surface area contributed by atoms with Crippen molar-refractivity contribution in [1.29, 1.82) is 0 Å². The number of anilines is 1. The summed E-state index contributed by atoms with van der Waals surface area (Å²) in [4.78, 5) is 30.4. The third-order valence-corrected chi connectivity index (χ3v) is 5.99. The average Bonchev–Trinajstić information content (AvgIpc) is 2.91. The number of nitrogens with one attached hydrogen (secondary N) is 1. The molecule has 0 amide bonds. The normalized spacial score (nSPS) is 10.7. The summed E-state index contributed by atoms with van der Waals surface area (Å²) in [5.41, 5.74) is 2.80. The molecule has 0 bridgehead atoms. The second kappa shape index (κ2) is 12.7. The molecule has 3 aromatic carbocycles. The van der Waals surface area contributed by atoms with E-state index in [1.165, 1.54) is 10.1 Å². The molecule has 0 fully saturated rings. The maximum atomic E-state index is 13.4. The Kier molecular flexibility index (Phi) is 8.89. The van der Waals surface area contributed by atoms with E-state index in [9.17, 15) is 9.59 Å². The minimum absolute atomic E-state index is 0.121. The lowest BCUT2D eigenvalue weighted by Gasteiger charge is -2.16. The van der Waals surface area contributed by atoms with Gasteiger partial charge in [0.25, 0.3) is 5.56 Å². The molecule has 1 aromatic heterocycles. The molecule has 7 heteroatoms. The predicted octanol–water partition coefficient (Wildman–Crippen LogP) is 5.74. The topological polar surface area (TPSA) is 73.2 Å². The Balaban J connectivity index is 1.49. The summed E-state index contributed by atoms with van der Waals surface area (Å²) in [6, 6.07) is 28.9. The minimum atomic E-state index is -0.533. The number of esters is 1. The molecule has 6 nitrogen and oxygen atoms in total. The number of hydrogen-bond acceptors (Lipinski definition) is 5. The van der Waals surface area contributed by atoms with Crippen molar-refractivity contribution in [3.8, 4) is 11.3 Å². The molecular formula is C29H28ClN3O3. The van der Waals surface area contributed by atoms with Crippen LogP contribution in [0.5, 0.6) is 0 Å². The maximum Gasteiger partial charge on any atom is 0.326 e. The Bertz CT molecular complexity index is 1330. The number of ether oxygens (including phenoxy) is 1. The van der Waals surface area contributed by atoms with Crippen LogP contribution in [-0.2, 0) is 29.1 Å². The number of benzene rings is 3. The van der Waals surface area contributed by atoms with Gasteiger partial charge >= 0.3 is 5.97 Å². The largest absolute Gasteiger partial charge is 0.459 e. The van der Waals surface area contributed by atoms with E-state index < -0.39 is 11.5 Å². The molecular weight excluding hydrogens is 474 g/mol. The van der Waals surface area contributed by atoms with Crippen molar-refractivity contribution in [2.24, 2.45) is 0 Å². The summed E-state index contributed by atoms with van der Waals surface area (Å²) >= 11 is 6.55. The molecule has 0 aliphatic rings. The summed E-state index contributed by atoms with van der Waals surface area (Å²) < 4.78 is 6.77. The van der Waals surface area contributed by atoms with E-state index in [0.29, 0.717) is 17.8 Å². The van der Waals surface area contributed by atoms with Crippen LogP contribution in [0.2, 0.25) is 5.15 Å². The predicted molar refractivity (Wildman–Crippen MR) is 143 cm³/mol. The second-order valence-corrected chi connectivity index (χ2v) is 8.73. The first-order valence-corrected chi connectivity index (χ1v) is 12.3. The SMILES string of the molecule is O=C(Cn1c(-c2ccccc2)c(Cl)nc(NCCCCc2ccccc2)c1=O)OCc1ccccc1. The van der Waals surface area contributed by atoms with Crippen LogP contribution in [0.1, 0.15) is 24.0 Å². The van der Waals surface area contributed by atoms with Crippen molar-refractivity contribution in [1.82, 2.24) is 9.55 Å². The molecule has 1 heterocycles. The van der Waals surface area contributed by atoms with Crippen LogP contribution in [0.25, 0.3) is 11.3 Å². The molecule has 0 radical (unpaired) electrons. The van der Waals surface area contributed by atoms with E-state index in [1.807, 2.05) is 78.9 Å². The van der Waals surface area contributed by atoms with Gasteiger partial charge < -0.3 is 10.1 Å². The van der Waals surface area contributed by atoms with Crippen LogP contribution in [0.4, 0.5) is 5.82 Å². The highest BCUT2D eigenvalue weighted by atomic mass is 35.5. The Hall–Kier alpha value is -3.90. The number of rotatable bonds is 11. The lowest BCUT2D eigenvalue weighted by atomic mass is 10.1. The highest BCUT2D eigenvalue weighted by Gasteiger charge is 2.19. The van der Waals surface area contributed by atoms with Gasteiger partial charge in [0.1, 0.15) is 13.2 Å². The smallest absolute Gasteiger partial charge is 0.326 e. The maximum absolute atomic E-state index is 13.4.